The van der Waals surface area contributed by atoms with Crippen LogP contribution in [0.1, 0.15) is 64.7 Å². The van der Waals surface area contributed by atoms with Gasteiger partial charge in [-0.15, -0.1) is 0 Å². The van der Waals surface area contributed by atoms with E-state index in [0.717, 1.165) is 19.4 Å². The lowest BCUT2D eigenvalue weighted by Gasteiger charge is -2.40. The molecule has 1 saturated heterocycles. The highest BCUT2D eigenvalue weighted by molar-refractivity contribution is 6.34. The first kappa shape index (κ1) is 19.0. The second-order valence-electron chi connectivity index (χ2n) is 9.63. The third kappa shape index (κ3) is 2.72. The Morgan fingerprint density at radius 2 is 1.57 bits per heavy atom. The number of carbonyl (C=O) groups excluding carboxylic acids is 3. The Labute approximate surface area is 176 Å². The Kier molecular flexibility index (Phi) is 4.14. The number of nitrogens with zero attached hydrogens (tertiary/aromatic N) is 2. The number of rotatable bonds is 2. The zero-order chi connectivity index (χ0) is 21.2. The van der Waals surface area contributed by atoms with Gasteiger partial charge in [0.2, 0.25) is 0 Å². The molecule has 5 nitrogen and oxygen atoms in total. The molecule has 3 atom stereocenters. The maximum absolute atomic E-state index is 13.2. The Morgan fingerprint density at radius 1 is 0.967 bits per heavy atom. The predicted octanol–water partition coefficient (Wildman–Crippen LogP) is 4.38. The van der Waals surface area contributed by atoms with Gasteiger partial charge in [0.1, 0.15) is 0 Å². The molecular weight excluding hydrogens is 376 g/mol. The molecule has 0 spiro atoms. The van der Waals surface area contributed by atoms with Gasteiger partial charge in [0.05, 0.1) is 16.8 Å². The van der Waals surface area contributed by atoms with Gasteiger partial charge in [0, 0.05) is 18.2 Å². The van der Waals surface area contributed by atoms with E-state index in [2.05, 4.69) is 20.8 Å². The molecule has 2 aromatic rings. The maximum Gasteiger partial charge on any atom is 0.266 e. The van der Waals surface area contributed by atoms with Crippen molar-refractivity contribution in [1.82, 2.24) is 4.90 Å². The van der Waals surface area contributed by atoms with Gasteiger partial charge in [-0.1, -0.05) is 32.9 Å². The summed E-state index contributed by atoms with van der Waals surface area (Å²) in [6.07, 6.45) is 2.12. The Balaban J connectivity index is 1.37. The monoisotopic (exact) mass is 402 g/mol. The highest BCUT2D eigenvalue weighted by Crippen LogP contribution is 2.49. The lowest BCUT2D eigenvalue weighted by Crippen LogP contribution is -2.39. The van der Waals surface area contributed by atoms with Crippen LogP contribution in [0.5, 0.6) is 0 Å². The first-order chi connectivity index (χ1) is 14.3. The topological polar surface area (TPSA) is 57.7 Å². The van der Waals surface area contributed by atoms with Crippen LogP contribution >= 0.6 is 0 Å². The number of carbonyl (C=O) groups is 3. The first-order valence-electron chi connectivity index (χ1n) is 10.7. The third-order valence-electron chi connectivity index (χ3n) is 7.58. The number of imide groups is 1. The van der Waals surface area contributed by atoms with Crippen LogP contribution in [0.2, 0.25) is 0 Å². The summed E-state index contributed by atoms with van der Waals surface area (Å²) in [5.74, 6) is 0.558. The molecule has 3 amide bonds. The molecule has 3 aliphatic rings. The van der Waals surface area contributed by atoms with Crippen molar-refractivity contribution in [2.24, 2.45) is 17.3 Å². The number of fused-ring (bicyclic) bond motifs is 3. The van der Waals surface area contributed by atoms with Crippen LogP contribution in [-0.2, 0) is 0 Å². The molecule has 0 aromatic heterocycles. The van der Waals surface area contributed by atoms with Gasteiger partial charge >= 0.3 is 0 Å². The lowest BCUT2D eigenvalue weighted by atomic mass is 9.65. The van der Waals surface area contributed by atoms with Crippen LogP contribution in [-0.4, -0.2) is 35.2 Å². The third-order valence-corrected chi connectivity index (χ3v) is 7.58. The number of likely N-dealkylation sites (tertiary alicyclic amines) is 1. The van der Waals surface area contributed by atoms with Gasteiger partial charge in [0.15, 0.2) is 0 Å². The highest BCUT2D eigenvalue weighted by Gasteiger charge is 2.49. The molecule has 0 N–H and O–H groups in total. The predicted molar refractivity (Wildman–Crippen MR) is 115 cm³/mol. The molecule has 30 heavy (non-hydrogen) atoms. The molecular formula is C25H26N2O3. The molecule has 2 bridgehead atoms. The van der Waals surface area contributed by atoms with E-state index < -0.39 is 0 Å². The molecule has 2 aromatic carbocycles. The molecule has 5 rings (SSSR count). The molecule has 3 unspecified atom stereocenters. The summed E-state index contributed by atoms with van der Waals surface area (Å²) in [5, 5.41) is 0. The minimum absolute atomic E-state index is 0.0429. The molecule has 5 heteroatoms. The zero-order valence-electron chi connectivity index (χ0n) is 17.6. The first-order valence-corrected chi connectivity index (χ1v) is 10.7. The number of hydrogen-bond donors (Lipinski definition) is 0. The fourth-order valence-corrected chi connectivity index (χ4v) is 5.53. The molecule has 2 aliphatic heterocycles. The van der Waals surface area contributed by atoms with E-state index in [1.165, 1.54) is 4.90 Å². The SMILES string of the molecule is CC1C2CC(CC1(C)C)N(C(=O)c1ccc(N3C(=O)c4ccccc4C3=O)cc1)C2. The van der Waals surface area contributed by atoms with Crippen molar-refractivity contribution in [3.8, 4) is 0 Å². The van der Waals surface area contributed by atoms with Crippen molar-refractivity contribution in [2.75, 3.05) is 11.4 Å². The Morgan fingerprint density at radius 3 is 2.17 bits per heavy atom. The van der Waals surface area contributed by atoms with Gasteiger partial charge < -0.3 is 4.90 Å². The Hall–Kier alpha value is -2.95. The number of hydrogen-bond acceptors (Lipinski definition) is 3. The van der Waals surface area contributed by atoms with Gasteiger partial charge in [-0.05, 0) is 66.5 Å². The number of anilines is 1. The standard InChI is InChI=1S/C25H26N2O3/c1-15-17-12-19(13-25(15,2)3)26(14-17)22(28)16-8-10-18(11-9-16)27-23(29)20-6-4-5-7-21(20)24(27)30/h4-11,15,17,19H,12-14H2,1-3H3. The lowest BCUT2D eigenvalue weighted by molar-refractivity contribution is 0.0677. The molecule has 1 aliphatic carbocycles. The second-order valence-corrected chi connectivity index (χ2v) is 9.63. The summed E-state index contributed by atoms with van der Waals surface area (Å²) in [5.41, 5.74) is 2.19. The molecule has 2 heterocycles. The van der Waals surface area contributed by atoms with Crippen LogP contribution in [0, 0.1) is 17.3 Å². The van der Waals surface area contributed by atoms with Crippen molar-refractivity contribution < 1.29 is 14.4 Å². The number of benzene rings is 2. The fraction of sp³-hybridized carbons (Fsp3) is 0.400. The summed E-state index contributed by atoms with van der Waals surface area (Å²) >= 11 is 0. The average Bonchev–Trinajstić information content (AvgIpc) is 3.23. The zero-order valence-corrected chi connectivity index (χ0v) is 17.6. The molecule has 2 fully saturated rings. The van der Waals surface area contributed by atoms with Crippen LogP contribution < -0.4 is 4.90 Å². The highest BCUT2D eigenvalue weighted by atomic mass is 16.2. The van der Waals surface area contributed by atoms with Gasteiger partial charge in [-0.25, -0.2) is 4.90 Å². The van der Waals surface area contributed by atoms with Crippen molar-refractivity contribution in [3.63, 3.8) is 0 Å². The minimum Gasteiger partial charge on any atom is -0.335 e. The van der Waals surface area contributed by atoms with Crippen LogP contribution in [0.15, 0.2) is 48.5 Å². The van der Waals surface area contributed by atoms with Crippen molar-refractivity contribution in [1.29, 1.82) is 0 Å². The normalized spacial score (nSPS) is 26.8. The smallest absolute Gasteiger partial charge is 0.266 e. The van der Waals surface area contributed by atoms with Crippen molar-refractivity contribution >= 4 is 23.4 Å². The van der Waals surface area contributed by atoms with Crippen LogP contribution in [0.4, 0.5) is 5.69 Å². The van der Waals surface area contributed by atoms with E-state index in [1.54, 1.807) is 48.5 Å². The van der Waals surface area contributed by atoms with Gasteiger partial charge in [0.25, 0.3) is 17.7 Å². The van der Waals surface area contributed by atoms with Crippen LogP contribution in [0.3, 0.4) is 0 Å². The summed E-state index contributed by atoms with van der Waals surface area (Å²) < 4.78 is 0. The molecule has 0 radical (unpaired) electrons. The van der Waals surface area contributed by atoms with Gasteiger partial charge in [-0.2, -0.15) is 0 Å². The van der Waals surface area contributed by atoms with E-state index in [4.69, 9.17) is 0 Å². The second kappa shape index (κ2) is 6.53. The van der Waals surface area contributed by atoms with E-state index in [0.29, 0.717) is 40.3 Å². The molecule has 1 saturated carbocycles. The summed E-state index contributed by atoms with van der Waals surface area (Å²) in [6, 6.07) is 14.0. The van der Waals surface area contributed by atoms with E-state index >= 15 is 0 Å². The summed E-state index contributed by atoms with van der Waals surface area (Å²) in [6.45, 7) is 7.74. The minimum atomic E-state index is -0.320. The molecule has 154 valence electrons. The summed E-state index contributed by atoms with van der Waals surface area (Å²) in [4.78, 5) is 41.8. The average molecular weight is 402 g/mol. The van der Waals surface area contributed by atoms with Crippen molar-refractivity contribution in [3.05, 3.63) is 65.2 Å². The van der Waals surface area contributed by atoms with E-state index in [9.17, 15) is 14.4 Å². The summed E-state index contributed by atoms with van der Waals surface area (Å²) in [7, 11) is 0. The quantitative estimate of drug-likeness (QED) is 0.701. The van der Waals surface area contributed by atoms with Crippen LogP contribution in [0.25, 0.3) is 0 Å². The Bertz CT molecular complexity index is 1020. The van der Waals surface area contributed by atoms with Gasteiger partial charge in [-0.3, -0.25) is 14.4 Å². The van der Waals surface area contributed by atoms with E-state index in [-0.39, 0.29) is 23.1 Å². The largest absolute Gasteiger partial charge is 0.335 e. The van der Waals surface area contributed by atoms with Crippen molar-refractivity contribution in [2.45, 2.75) is 39.7 Å². The fourth-order valence-electron chi connectivity index (χ4n) is 5.53. The maximum atomic E-state index is 13.2. The van der Waals surface area contributed by atoms with E-state index in [1.807, 2.05) is 4.90 Å². The number of amides is 3.